The molecule has 2 N–H and O–H groups in total. The Labute approximate surface area is 139 Å². The number of nitrogens with two attached hydrogens (primary N) is 1. The summed E-state index contributed by atoms with van der Waals surface area (Å²) in [6, 6.07) is 5.73. The monoisotopic (exact) mass is 326 g/mol. The number of rotatable bonds is 3. The van der Waals surface area contributed by atoms with Crippen LogP contribution >= 0.6 is 0 Å². The van der Waals surface area contributed by atoms with Gasteiger partial charge >= 0.3 is 5.97 Å². The van der Waals surface area contributed by atoms with E-state index < -0.39 is 11.9 Å². The van der Waals surface area contributed by atoms with Gasteiger partial charge in [0, 0.05) is 11.1 Å². The highest BCUT2D eigenvalue weighted by Crippen LogP contribution is 2.28. The van der Waals surface area contributed by atoms with Gasteiger partial charge < -0.3 is 10.6 Å². The number of nitrogens with zero attached hydrogens (tertiary/aromatic N) is 1. The van der Waals surface area contributed by atoms with E-state index in [1.165, 1.54) is 36.4 Å². The van der Waals surface area contributed by atoms with Crippen molar-refractivity contribution in [2.75, 3.05) is 0 Å². The van der Waals surface area contributed by atoms with E-state index in [1.54, 1.807) is 6.08 Å². The van der Waals surface area contributed by atoms with Crippen LogP contribution in [-0.4, -0.2) is 23.4 Å². The van der Waals surface area contributed by atoms with Crippen molar-refractivity contribution in [3.63, 3.8) is 0 Å². The second-order valence-corrected chi connectivity index (χ2v) is 6.34. The molecule has 124 valence electrons. The lowest BCUT2D eigenvalue weighted by atomic mass is 9.81. The molecule has 0 fully saturated rings. The maximum Gasteiger partial charge on any atom is 0.365 e. The quantitative estimate of drug-likeness (QED) is 0.524. The highest BCUT2D eigenvalue weighted by atomic mass is 16.7. The Balaban J connectivity index is 2.14. The molecule has 0 saturated carbocycles. The molecule has 6 nitrogen and oxygen atoms in total. The molecule has 1 amide bonds. The molecule has 1 aliphatic carbocycles. The normalized spacial score (nSPS) is 16.0. The molecule has 0 unspecified atom stereocenters. The number of benzene rings is 1. The highest BCUT2D eigenvalue weighted by Gasteiger charge is 2.24. The highest BCUT2D eigenvalue weighted by molar-refractivity contribution is 6.19. The van der Waals surface area contributed by atoms with Crippen molar-refractivity contribution in [3.05, 3.63) is 59.2 Å². The molecule has 0 aliphatic heterocycles. The summed E-state index contributed by atoms with van der Waals surface area (Å²) in [6.45, 7) is 5.75. The fourth-order valence-corrected chi connectivity index (χ4v) is 2.08. The van der Waals surface area contributed by atoms with Crippen molar-refractivity contribution in [2.24, 2.45) is 16.3 Å². The summed E-state index contributed by atoms with van der Waals surface area (Å²) in [5, 5.41) is 3.78. The Kier molecular flexibility index (Phi) is 4.78. The first-order chi connectivity index (χ1) is 11.2. The molecule has 1 aromatic carbocycles. The van der Waals surface area contributed by atoms with Gasteiger partial charge in [-0.25, -0.2) is 4.79 Å². The summed E-state index contributed by atoms with van der Waals surface area (Å²) in [6.07, 6.45) is 4.49. The Morgan fingerprint density at radius 1 is 1.04 bits per heavy atom. The smallest absolute Gasteiger partial charge is 0.365 e. The summed E-state index contributed by atoms with van der Waals surface area (Å²) >= 11 is 0. The number of primary amides is 1. The van der Waals surface area contributed by atoms with Gasteiger partial charge in [-0.15, -0.1) is 0 Å². The first kappa shape index (κ1) is 17.3. The molecule has 0 bridgehead atoms. The summed E-state index contributed by atoms with van der Waals surface area (Å²) in [5.41, 5.74) is 6.30. The number of amides is 1. The third-order valence-corrected chi connectivity index (χ3v) is 3.41. The second kappa shape index (κ2) is 6.62. The van der Waals surface area contributed by atoms with Gasteiger partial charge in [-0.05, 0) is 47.9 Å². The number of hydrogen-bond donors (Lipinski definition) is 1. The number of carbonyl (C=O) groups excluding carboxylic acids is 3. The maximum atomic E-state index is 12.0. The third-order valence-electron chi connectivity index (χ3n) is 3.41. The molecule has 0 aromatic heterocycles. The zero-order chi connectivity index (χ0) is 17.9. The number of carbonyl (C=O) groups is 3. The van der Waals surface area contributed by atoms with Gasteiger partial charge in [-0.1, -0.05) is 25.9 Å². The molecule has 24 heavy (non-hydrogen) atoms. The predicted molar refractivity (Wildman–Crippen MR) is 89.5 cm³/mol. The molecular weight excluding hydrogens is 308 g/mol. The van der Waals surface area contributed by atoms with Crippen LogP contribution in [0.25, 0.3) is 0 Å². The van der Waals surface area contributed by atoms with E-state index in [4.69, 9.17) is 10.6 Å². The van der Waals surface area contributed by atoms with Gasteiger partial charge in [-0.2, -0.15) is 0 Å². The van der Waals surface area contributed by atoms with Crippen molar-refractivity contribution in [1.82, 2.24) is 0 Å². The molecule has 0 heterocycles. The zero-order valence-corrected chi connectivity index (χ0v) is 13.7. The Morgan fingerprint density at radius 3 is 2.17 bits per heavy atom. The first-order valence-corrected chi connectivity index (χ1v) is 7.32. The van der Waals surface area contributed by atoms with Crippen molar-refractivity contribution in [1.29, 1.82) is 0 Å². The van der Waals surface area contributed by atoms with Gasteiger partial charge in [0.25, 0.3) is 0 Å². The topological polar surface area (TPSA) is 98.8 Å². The van der Waals surface area contributed by atoms with Gasteiger partial charge in [-0.3, -0.25) is 9.59 Å². The van der Waals surface area contributed by atoms with Crippen molar-refractivity contribution in [3.8, 4) is 0 Å². The van der Waals surface area contributed by atoms with E-state index in [0.29, 0.717) is 16.8 Å². The Morgan fingerprint density at radius 2 is 1.62 bits per heavy atom. The van der Waals surface area contributed by atoms with Crippen molar-refractivity contribution >= 4 is 23.4 Å². The van der Waals surface area contributed by atoms with Crippen LogP contribution in [0, 0.1) is 5.41 Å². The van der Waals surface area contributed by atoms with Crippen molar-refractivity contribution in [2.45, 2.75) is 20.8 Å². The number of ketones is 1. The van der Waals surface area contributed by atoms with Gasteiger partial charge in [0.05, 0.1) is 5.56 Å². The van der Waals surface area contributed by atoms with E-state index in [2.05, 4.69) is 5.16 Å². The van der Waals surface area contributed by atoms with Gasteiger partial charge in [0.2, 0.25) is 5.91 Å². The first-order valence-electron chi connectivity index (χ1n) is 7.32. The summed E-state index contributed by atoms with van der Waals surface area (Å²) in [5.74, 6) is -1.34. The van der Waals surface area contributed by atoms with Gasteiger partial charge in [0.15, 0.2) is 5.78 Å². The minimum absolute atomic E-state index is 0.0881. The molecule has 6 heteroatoms. The van der Waals surface area contributed by atoms with Crippen LogP contribution in [0.5, 0.6) is 0 Å². The van der Waals surface area contributed by atoms with Crippen LogP contribution in [0.2, 0.25) is 0 Å². The summed E-state index contributed by atoms with van der Waals surface area (Å²) in [7, 11) is 0. The van der Waals surface area contributed by atoms with Crippen LogP contribution in [0.1, 0.15) is 41.5 Å². The largest absolute Gasteiger partial charge is 0.366 e. The molecule has 0 saturated heterocycles. The minimum Gasteiger partial charge on any atom is -0.366 e. The molecule has 0 spiro atoms. The van der Waals surface area contributed by atoms with Crippen LogP contribution in [0.3, 0.4) is 0 Å². The second-order valence-electron chi connectivity index (χ2n) is 6.34. The summed E-state index contributed by atoms with van der Waals surface area (Å²) in [4.78, 5) is 39.7. The lowest BCUT2D eigenvalue weighted by Crippen LogP contribution is -2.20. The predicted octanol–water partition coefficient (Wildman–Crippen LogP) is 2.41. The van der Waals surface area contributed by atoms with Gasteiger partial charge in [0.1, 0.15) is 5.71 Å². The van der Waals surface area contributed by atoms with E-state index in [9.17, 15) is 14.4 Å². The molecule has 0 radical (unpaired) electrons. The maximum absolute atomic E-state index is 12.0. The number of allylic oxidation sites excluding steroid dienone is 4. The Bertz CT molecular complexity index is 778. The summed E-state index contributed by atoms with van der Waals surface area (Å²) < 4.78 is 0. The number of oxime groups is 1. The molecule has 1 aliphatic rings. The molecule has 2 rings (SSSR count). The fraction of sp³-hybridized carbons (Fsp3) is 0.222. The standard InChI is InChI=1S/C18H18N2O4/c1-18(2,3)14-10-13(8-9-15(14)21)20-24-17(23)12-6-4-11(5-7-12)16(19)22/h4-10H,1-3H3,(H2,19,22)/b20-13-. The van der Waals surface area contributed by atoms with E-state index in [1.807, 2.05) is 20.8 Å². The molecule has 1 aromatic rings. The van der Waals surface area contributed by atoms with Crippen LogP contribution in [0.15, 0.2) is 53.2 Å². The third kappa shape index (κ3) is 4.04. The molecular formula is C18H18N2O4. The average Bonchev–Trinajstić information content (AvgIpc) is 2.52. The van der Waals surface area contributed by atoms with Crippen LogP contribution in [-0.2, 0) is 9.63 Å². The molecule has 0 atom stereocenters. The van der Waals surface area contributed by atoms with Crippen molar-refractivity contribution < 1.29 is 19.2 Å². The Hall–Kier alpha value is -3.02. The SMILES string of the molecule is CC(C)(C)C1=C/C(=N\OC(=O)c2ccc(C(N)=O)cc2)C=CC1=O. The lowest BCUT2D eigenvalue weighted by molar-refractivity contribution is -0.112. The fourth-order valence-electron chi connectivity index (χ4n) is 2.08. The van der Waals surface area contributed by atoms with Crippen LogP contribution in [0.4, 0.5) is 0 Å². The zero-order valence-electron chi connectivity index (χ0n) is 13.7. The minimum atomic E-state index is -0.672. The van der Waals surface area contributed by atoms with Crippen LogP contribution < -0.4 is 5.73 Å². The van der Waals surface area contributed by atoms with E-state index in [-0.39, 0.29) is 16.8 Å². The average molecular weight is 326 g/mol. The van der Waals surface area contributed by atoms with E-state index >= 15 is 0 Å². The number of hydrogen-bond acceptors (Lipinski definition) is 5. The van der Waals surface area contributed by atoms with E-state index in [0.717, 1.165) is 0 Å². The lowest BCUT2D eigenvalue weighted by Gasteiger charge is -2.22.